The first-order valence-corrected chi connectivity index (χ1v) is 13.1. The molecule has 0 saturated carbocycles. The molecule has 1 saturated heterocycles. The molecular weight excluding hydrogens is 514 g/mol. The fourth-order valence-corrected chi connectivity index (χ4v) is 4.90. The summed E-state index contributed by atoms with van der Waals surface area (Å²) in [5, 5.41) is 11.9. The van der Waals surface area contributed by atoms with Crippen molar-refractivity contribution in [3.63, 3.8) is 0 Å². The quantitative estimate of drug-likeness (QED) is 0.161. The molecule has 5 rings (SSSR count). The number of Topliss-reactive ketones (excluding diaryl/α,β-unsaturated/α-hetero) is 1. The molecule has 3 aromatic carbocycles. The molecule has 2 heterocycles. The monoisotopic (exact) mass is 541 g/mol. The number of aryl methyl sites for hydroxylation is 2. The lowest BCUT2D eigenvalue weighted by atomic mass is 9.95. The summed E-state index contributed by atoms with van der Waals surface area (Å²) in [5.74, 6) is -0.951. The fraction of sp³-hybridized carbons (Fsp3) is 0.194. The third kappa shape index (κ3) is 5.89. The molecule has 7 nitrogen and oxygen atoms in total. The normalized spacial score (nSPS) is 16.6. The molecule has 1 fully saturated rings. The Morgan fingerprint density at radius 1 is 1.03 bits per heavy atom. The lowest BCUT2D eigenvalue weighted by molar-refractivity contribution is -0.139. The maximum absolute atomic E-state index is 13.3. The number of aliphatic hydroxyl groups is 1. The van der Waals surface area contributed by atoms with Gasteiger partial charge in [-0.2, -0.15) is 0 Å². The van der Waals surface area contributed by atoms with Gasteiger partial charge in [0.25, 0.3) is 11.7 Å². The van der Waals surface area contributed by atoms with Gasteiger partial charge in [0.1, 0.15) is 18.1 Å². The highest BCUT2D eigenvalue weighted by Gasteiger charge is 2.45. The Morgan fingerprint density at radius 3 is 2.49 bits per heavy atom. The molecule has 1 aliphatic heterocycles. The van der Waals surface area contributed by atoms with Crippen LogP contribution in [0.4, 0.5) is 0 Å². The van der Waals surface area contributed by atoms with E-state index in [2.05, 4.69) is 11.1 Å². The Labute approximate surface area is 231 Å². The topological polar surface area (TPSA) is 84.7 Å². The zero-order valence-electron chi connectivity index (χ0n) is 21.5. The highest BCUT2D eigenvalue weighted by molar-refractivity contribution is 6.46. The van der Waals surface area contributed by atoms with Crippen molar-refractivity contribution < 1.29 is 19.4 Å². The van der Waals surface area contributed by atoms with E-state index in [1.807, 2.05) is 35.9 Å². The Balaban J connectivity index is 1.41. The van der Waals surface area contributed by atoms with Crippen LogP contribution in [0.5, 0.6) is 5.75 Å². The minimum atomic E-state index is -0.734. The summed E-state index contributed by atoms with van der Waals surface area (Å²) in [4.78, 5) is 32.0. The predicted octanol–water partition coefficient (Wildman–Crippen LogP) is 5.94. The van der Waals surface area contributed by atoms with Crippen LogP contribution in [0.15, 0.2) is 97.1 Å². The lowest BCUT2D eigenvalue weighted by Gasteiger charge is -2.25. The first-order chi connectivity index (χ1) is 18.9. The summed E-state index contributed by atoms with van der Waals surface area (Å²) < 4.78 is 7.81. The van der Waals surface area contributed by atoms with Crippen molar-refractivity contribution in [2.75, 3.05) is 6.54 Å². The van der Waals surface area contributed by atoms with E-state index in [4.69, 9.17) is 16.3 Å². The third-order valence-electron chi connectivity index (χ3n) is 6.72. The van der Waals surface area contributed by atoms with Crippen LogP contribution in [0.1, 0.15) is 34.7 Å². The number of benzene rings is 3. The SMILES string of the molecule is Cc1cccc(COc2ccc(/C(O)=C3\C(=O)C(=O)N(CCCn4ccnc4)[C@H]3c3ccc(Cl)cc3)cc2)c1. The van der Waals surface area contributed by atoms with Crippen molar-refractivity contribution in [2.45, 2.75) is 32.5 Å². The number of ether oxygens (including phenoxy) is 1. The second kappa shape index (κ2) is 11.6. The maximum atomic E-state index is 13.3. The summed E-state index contributed by atoms with van der Waals surface area (Å²) in [5.41, 5.74) is 3.38. The van der Waals surface area contributed by atoms with Crippen LogP contribution in [0.3, 0.4) is 0 Å². The molecule has 39 heavy (non-hydrogen) atoms. The number of hydrogen-bond donors (Lipinski definition) is 1. The summed E-state index contributed by atoms with van der Waals surface area (Å²) in [6.45, 7) is 3.41. The Bertz CT molecular complexity index is 1500. The van der Waals surface area contributed by atoms with Gasteiger partial charge in [-0.3, -0.25) is 9.59 Å². The zero-order chi connectivity index (χ0) is 27.4. The van der Waals surface area contributed by atoms with Crippen LogP contribution in [0.2, 0.25) is 5.02 Å². The predicted molar refractivity (Wildman–Crippen MR) is 149 cm³/mol. The van der Waals surface area contributed by atoms with Crippen LogP contribution < -0.4 is 4.74 Å². The Hall–Kier alpha value is -4.36. The maximum Gasteiger partial charge on any atom is 0.295 e. The summed E-state index contributed by atoms with van der Waals surface area (Å²) in [6.07, 6.45) is 5.86. The van der Waals surface area contributed by atoms with Crippen molar-refractivity contribution in [3.8, 4) is 5.75 Å². The van der Waals surface area contributed by atoms with Crippen LogP contribution >= 0.6 is 11.6 Å². The number of rotatable bonds is 9. The first kappa shape index (κ1) is 26.3. The van der Waals surface area contributed by atoms with Gasteiger partial charge in [-0.25, -0.2) is 4.98 Å². The molecule has 1 aromatic heterocycles. The van der Waals surface area contributed by atoms with Crippen molar-refractivity contribution >= 4 is 29.1 Å². The van der Waals surface area contributed by atoms with Gasteiger partial charge in [0, 0.05) is 36.1 Å². The number of amides is 1. The molecule has 8 heteroatoms. The van der Waals surface area contributed by atoms with Gasteiger partial charge in [-0.15, -0.1) is 0 Å². The molecule has 0 spiro atoms. The highest BCUT2D eigenvalue weighted by atomic mass is 35.5. The molecule has 0 radical (unpaired) electrons. The van der Waals surface area contributed by atoms with Gasteiger partial charge in [0.2, 0.25) is 0 Å². The van der Waals surface area contributed by atoms with Crippen LogP contribution in [0.25, 0.3) is 5.76 Å². The smallest absolute Gasteiger partial charge is 0.295 e. The number of imidazole rings is 1. The first-order valence-electron chi connectivity index (χ1n) is 12.7. The van der Waals surface area contributed by atoms with Crippen molar-refractivity contribution in [1.82, 2.24) is 14.5 Å². The Morgan fingerprint density at radius 2 is 1.79 bits per heavy atom. The van der Waals surface area contributed by atoms with Crippen LogP contribution in [0, 0.1) is 6.92 Å². The second-order valence-corrected chi connectivity index (χ2v) is 9.94. The number of ketones is 1. The van der Waals surface area contributed by atoms with Gasteiger partial charge in [0.15, 0.2) is 0 Å². The van der Waals surface area contributed by atoms with Gasteiger partial charge >= 0.3 is 0 Å². The van der Waals surface area contributed by atoms with E-state index in [1.54, 1.807) is 61.1 Å². The molecule has 1 atom stereocenters. The average molecular weight is 542 g/mol. The minimum absolute atomic E-state index is 0.0541. The summed E-state index contributed by atoms with van der Waals surface area (Å²) in [6, 6.07) is 21.2. The van der Waals surface area contributed by atoms with Crippen molar-refractivity contribution in [1.29, 1.82) is 0 Å². The van der Waals surface area contributed by atoms with E-state index >= 15 is 0 Å². The molecule has 198 valence electrons. The number of aromatic nitrogens is 2. The summed E-state index contributed by atoms with van der Waals surface area (Å²) in [7, 11) is 0. The molecular formula is C31H28ClN3O4. The highest BCUT2D eigenvalue weighted by Crippen LogP contribution is 2.40. The third-order valence-corrected chi connectivity index (χ3v) is 6.97. The minimum Gasteiger partial charge on any atom is -0.507 e. The van der Waals surface area contributed by atoms with Crippen LogP contribution in [-0.2, 0) is 22.7 Å². The largest absolute Gasteiger partial charge is 0.507 e. The standard InChI is InChI=1S/C31H28ClN3O4/c1-21-4-2-5-22(18-21)19-39-26-12-8-24(9-13-26)29(36)27-28(23-6-10-25(32)11-7-23)35(31(38)30(27)37)16-3-15-34-17-14-33-20-34/h2,4-14,17-18,20,28,36H,3,15-16,19H2,1H3/b29-27+/t28-/m0/s1. The molecule has 0 bridgehead atoms. The zero-order valence-corrected chi connectivity index (χ0v) is 22.2. The number of likely N-dealkylation sites (tertiary alicyclic amines) is 1. The molecule has 0 aliphatic carbocycles. The van der Waals surface area contributed by atoms with Gasteiger partial charge < -0.3 is 19.3 Å². The van der Waals surface area contributed by atoms with E-state index < -0.39 is 17.7 Å². The van der Waals surface area contributed by atoms with Crippen molar-refractivity contribution in [3.05, 3.63) is 124 Å². The van der Waals surface area contributed by atoms with E-state index in [1.165, 1.54) is 4.90 Å². The number of halogens is 1. The van der Waals surface area contributed by atoms with Crippen LogP contribution in [-0.4, -0.2) is 37.8 Å². The molecule has 1 amide bonds. The molecule has 0 unspecified atom stereocenters. The van der Waals surface area contributed by atoms with Crippen molar-refractivity contribution in [2.24, 2.45) is 0 Å². The van der Waals surface area contributed by atoms with Gasteiger partial charge in [-0.05, 0) is 60.9 Å². The number of carbonyl (C=O) groups is 2. The van der Waals surface area contributed by atoms with E-state index in [0.717, 1.165) is 11.1 Å². The second-order valence-electron chi connectivity index (χ2n) is 9.50. The van der Waals surface area contributed by atoms with E-state index in [9.17, 15) is 14.7 Å². The van der Waals surface area contributed by atoms with E-state index in [0.29, 0.717) is 48.0 Å². The van der Waals surface area contributed by atoms with E-state index in [-0.39, 0.29) is 11.3 Å². The van der Waals surface area contributed by atoms with Gasteiger partial charge in [0.05, 0.1) is 17.9 Å². The van der Waals surface area contributed by atoms with Gasteiger partial charge in [-0.1, -0.05) is 53.6 Å². The number of hydrogen-bond acceptors (Lipinski definition) is 5. The lowest BCUT2D eigenvalue weighted by Crippen LogP contribution is -2.31. The fourth-order valence-electron chi connectivity index (χ4n) is 4.78. The molecule has 4 aromatic rings. The molecule has 1 aliphatic rings. The average Bonchev–Trinajstić information content (AvgIpc) is 3.55. The summed E-state index contributed by atoms with van der Waals surface area (Å²) >= 11 is 6.11. The Kier molecular flexibility index (Phi) is 7.79. The number of carbonyl (C=O) groups excluding carboxylic acids is 2. The number of nitrogens with zero attached hydrogens (tertiary/aromatic N) is 3. The molecule has 1 N–H and O–H groups in total. The number of aliphatic hydroxyl groups excluding tert-OH is 1.